The highest BCUT2D eigenvalue weighted by atomic mass is 32.1. The van der Waals surface area contributed by atoms with Crippen LogP contribution in [0.2, 0.25) is 0 Å². The molecule has 0 radical (unpaired) electrons. The fourth-order valence-electron chi connectivity index (χ4n) is 2.22. The molecule has 0 aliphatic rings. The van der Waals surface area contributed by atoms with Crippen molar-refractivity contribution in [2.75, 3.05) is 14.2 Å². The van der Waals surface area contributed by atoms with Gasteiger partial charge in [0.25, 0.3) is 0 Å². The highest BCUT2D eigenvalue weighted by molar-refractivity contribution is 7.71. The van der Waals surface area contributed by atoms with E-state index in [2.05, 4.69) is 15.3 Å². The van der Waals surface area contributed by atoms with E-state index in [9.17, 15) is 5.11 Å². The van der Waals surface area contributed by atoms with Crippen LogP contribution in [-0.2, 0) is 0 Å². The number of ether oxygens (including phenoxy) is 2. The van der Waals surface area contributed by atoms with E-state index in [1.807, 2.05) is 24.3 Å². The quantitative estimate of drug-likeness (QED) is 0.542. The van der Waals surface area contributed by atoms with E-state index in [4.69, 9.17) is 21.7 Å². The Morgan fingerprint density at radius 1 is 1.16 bits per heavy atom. The molecular weight excluding hydrogens is 340 g/mol. The molecule has 0 amide bonds. The summed E-state index contributed by atoms with van der Waals surface area (Å²) in [5, 5.41) is 21.0. The van der Waals surface area contributed by atoms with Gasteiger partial charge < -0.3 is 14.6 Å². The van der Waals surface area contributed by atoms with Crippen LogP contribution in [0.1, 0.15) is 5.56 Å². The van der Waals surface area contributed by atoms with E-state index in [1.54, 1.807) is 31.5 Å². The highest BCUT2D eigenvalue weighted by Gasteiger charge is 2.08. The number of rotatable bonds is 5. The predicted octanol–water partition coefficient (Wildman–Crippen LogP) is 3.21. The SMILES string of the molecule is COc1ccc(-c2n[nH]c(=S)n2/N=C/c2ccc(O)c(OC)c2)cc1. The van der Waals surface area contributed by atoms with Crippen molar-refractivity contribution < 1.29 is 14.6 Å². The molecule has 1 heterocycles. The van der Waals surface area contributed by atoms with Crippen LogP contribution in [0.3, 0.4) is 0 Å². The minimum absolute atomic E-state index is 0.0681. The van der Waals surface area contributed by atoms with E-state index in [0.717, 1.165) is 16.9 Å². The number of methoxy groups -OCH3 is 2. The second-order valence-corrected chi connectivity index (χ2v) is 5.46. The third-order valence-corrected chi connectivity index (χ3v) is 3.79. The molecule has 3 rings (SSSR count). The van der Waals surface area contributed by atoms with Crippen LogP contribution in [0.25, 0.3) is 11.4 Å². The molecule has 0 spiro atoms. The van der Waals surface area contributed by atoms with Gasteiger partial charge in [-0.25, -0.2) is 5.10 Å². The van der Waals surface area contributed by atoms with Crippen LogP contribution in [0, 0.1) is 4.77 Å². The van der Waals surface area contributed by atoms with Crippen LogP contribution >= 0.6 is 12.2 Å². The van der Waals surface area contributed by atoms with E-state index in [-0.39, 0.29) is 5.75 Å². The average molecular weight is 356 g/mol. The second-order valence-electron chi connectivity index (χ2n) is 5.07. The molecule has 0 aliphatic heterocycles. The van der Waals surface area contributed by atoms with Crippen LogP contribution in [0.5, 0.6) is 17.2 Å². The summed E-state index contributed by atoms with van der Waals surface area (Å²) in [5.74, 6) is 1.77. The molecular formula is C17H16N4O3S. The molecule has 0 saturated carbocycles. The number of aromatic hydroxyl groups is 1. The van der Waals surface area contributed by atoms with Gasteiger partial charge in [-0.1, -0.05) is 0 Å². The number of hydrogen-bond acceptors (Lipinski definition) is 6. The first-order valence-electron chi connectivity index (χ1n) is 7.35. The van der Waals surface area contributed by atoms with Gasteiger partial charge in [-0.05, 0) is 60.2 Å². The first kappa shape index (κ1) is 16.7. The average Bonchev–Trinajstić information content (AvgIpc) is 3.01. The zero-order chi connectivity index (χ0) is 17.8. The number of aromatic amines is 1. The highest BCUT2D eigenvalue weighted by Crippen LogP contribution is 2.26. The van der Waals surface area contributed by atoms with Gasteiger partial charge in [-0.15, -0.1) is 0 Å². The topological polar surface area (TPSA) is 84.7 Å². The van der Waals surface area contributed by atoms with Gasteiger partial charge in [-0.3, -0.25) is 0 Å². The molecule has 7 nitrogen and oxygen atoms in total. The maximum Gasteiger partial charge on any atom is 0.216 e. The van der Waals surface area contributed by atoms with Gasteiger partial charge in [0.05, 0.1) is 20.4 Å². The van der Waals surface area contributed by atoms with Crippen molar-refractivity contribution in [3.63, 3.8) is 0 Å². The number of aromatic nitrogens is 3. The lowest BCUT2D eigenvalue weighted by molar-refractivity contribution is 0.373. The molecule has 8 heteroatoms. The van der Waals surface area contributed by atoms with Crippen LogP contribution in [0.4, 0.5) is 0 Å². The normalized spacial score (nSPS) is 11.0. The molecule has 0 fully saturated rings. The lowest BCUT2D eigenvalue weighted by Gasteiger charge is -2.04. The van der Waals surface area contributed by atoms with Crippen molar-refractivity contribution in [2.24, 2.45) is 5.10 Å². The molecule has 0 bridgehead atoms. The van der Waals surface area contributed by atoms with Gasteiger partial charge >= 0.3 is 0 Å². The second kappa shape index (κ2) is 7.18. The van der Waals surface area contributed by atoms with E-state index in [1.165, 1.54) is 11.8 Å². The Morgan fingerprint density at radius 3 is 2.60 bits per heavy atom. The van der Waals surface area contributed by atoms with Crippen molar-refractivity contribution >= 4 is 18.4 Å². The molecule has 25 heavy (non-hydrogen) atoms. The fraction of sp³-hybridized carbons (Fsp3) is 0.118. The maximum atomic E-state index is 9.65. The molecule has 0 aliphatic carbocycles. The molecule has 128 valence electrons. The van der Waals surface area contributed by atoms with E-state index in [0.29, 0.717) is 16.3 Å². The zero-order valence-electron chi connectivity index (χ0n) is 13.6. The van der Waals surface area contributed by atoms with Crippen LogP contribution < -0.4 is 9.47 Å². The minimum atomic E-state index is 0.0681. The maximum absolute atomic E-state index is 9.65. The molecule has 1 aromatic heterocycles. The Kier molecular flexibility index (Phi) is 4.80. The lowest BCUT2D eigenvalue weighted by Crippen LogP contribution is -1.95. The Bertz CT molecular complexity index is 961. The minimum Gasteiger partial charge on any atom is -0.504 e. The lowest BCUT2D eigenvalue weighted by atomic mass is 10.2. The third-order valence-electron chi connectivity index (χ3n) is 3.52. The number of benzene rings is 2. The predicted molar refractivity (Wildman–Crippen MR) is 97.1 cm³/mol. The number of phenolic OH excluding ortho intramolecular Hbond substituents is 1. The van der Waals surface area contributed by atoms with E-state index < -0.39 is 0 Å². The first-order valence-corrected chi connectivity index (χ1v) is 7.76. The summed E-state index contributed by atoms with van der Waals surface area (Å²) >= 11 is 5.25. The summed E-state index contributed by atoms with van der Waals surface area (Å²) in [6.45, 7) is 0. The third kappa shape index (κ3) is 3.53. The molecule has 0 atom stereocenters. The fourth-order valence-corrected chi connectivity index (χ4v) is 2.40. The molecule has 2 aromatic carbocycles. The van der Waals surface area contributed by atoms with Gasteiger partial charge in [0, 0.05) is 5.56 Å². The Morgan fingerprint density at radius 2 is 1.92 bits per heavy atom. The first-order chi connectivity index (χ1) is 12.1. The molecule has 0 unspecified atom stereocenters. The van der Waals surface area contributed by atoms with Crippen LogP contribution in [0.15, 0.2) is 47.6 Å². The Hall–Kier alpha value is -3.13. The van der Waals surface area contributed by atoms with Gasteiger partial charge in [-0.2, -0.15) is 14.9 Å². The van der Waals surface area contributed by atoms with Crippen molar-refractivity contribution in [3.8, 4) is 28.6 Å². The number of hydrogen-bond donors (Lipinski definition) is 2. The zero-order valence-corrected chi connectivity index (χ0v) is 14.4. The Balaban J connectivity index is 1.95. The molecule has 2 N–H and O–H groups in total. The number of phenols is 1. The van der Waals surface area contributed by atoms with Crippen molar-refractivity contribution in [1.29, 1.82) is 0 Å². The summed E-state index contributed by atoms with van der Waals surface area (Å²) in [7, 11) is 3.10. The Labute approximate surface area is 149 Å². The number of nitrogens with one attached hydrogen (secondary N) is 1. The van der Waals surface area contributed by atoms with Crippen molar-refractivity contribution in [3.05, 3.63) is 52.8 Å². The smallest absolute Gasteiger partial charge is 0.216 e. The molecule has 0 saturated heterocycles. The summed E-state index contributed by atoms with van der Waals surface area (Å²) in [5.41, 5.74) is 1.59. The monoisotopic (exact) mass is 356 g/mol. The number of H-pyrrole nitrogens is 1. The molecule has 3 aromatic rings. The largest absolute Gasteiger partial charge is 0.504 e. The van der Waals surface area contributed by atoms with Crippen molar-refractivity contribution in [1.82, 2.24) is 14.9 Å². The van der Waals surface area contributed by atoms with Crippen molar-refractivity contribution in [2.45, 2.75) is 0 Å². The van der Waals surface area contributed by atoms with Gasteiger partial charge in [0.1, 0.15) is 5.75 Å². The van der Waals surface area contributed by atoms with E-state index >= 15 is 0 Å². The van der Waals surface area contributed by atoms with Gasteiger partial charge in [0.15, 0.2) is 17.3 Å². The summed E-state index contributed by atoms with van der Waals surface area (Å²) < 4.78 is 12.1. The van der Waals surface area contributed by atoms with Crippen LogP contribution in [-0.4, -0.2) is 40.4 Å². The summed E-state index contributed by atoms with van der Waals surface area (Å²) in [6.07, 6.45) is 1.61. The summed E-state index contributed by atoms with van der Waals surface area (Å²) in [4.78, 5) is 0. The summed E-state index contributed by atoms with van der Waals surface area (Å²) in [6, 6.07) is 12.4. The standard InChI is InChI=1S/C17H16N4O3S/c1-23-13-6-4-12(5-7-13)16-19-20-17(25)21(16)18-10-11-3-8-14(22)15(9-11)24-2/h3-10,22H,1-2H3,(H,20,25)/b18-10+. The van der Waals surface area contributed by atoms with Gasteiger partial charge in [0.2, 0.25) is 4.77 Å². The number of nitrogens with zero attached hydrogens (tertiary/aromatic N) is 3.